The van der Waals surface area contributed by atoms with Crippen molar-refractivity contribution in [2.45, 2.75) is 13.8 Å². The molecule has 74 valence electrons. The van der Waals surface area contributed by atoms with Crippen LogP contribution in [0.4, 0.5) is 0 Å². The molecule has 0 heterocycles. The predicted molar refractivity (Wildman–Crippen MR) is 53.0 cm³/mol. The van der Waals surface area contributed by atoms with Crippen molar-refractivity contribution in [3.8, 4) is 5.75 Å². The first-order chi connectivity index (χ1) is 6.69. The van der Waals surface area contributed by atoms with Crippen molar-refractivity contribution >= 4 is 12.1 Å². The average Bonchev–Trinajstić information content (AvgIpc) is 2.18. The number of carbonyl (C=O) groups is 2. The van der Waals surface area contributed by atoms with Crippen LogP contribution in [-0.4, -0.2) is 18.7 Å². The maximum absolute atomic E-state index is 11.1. The second-order valence-corrected chi connectivity index (χ2v) is 2.86. The summed E-state index contributed by atoms with van der Waals surface area (Å²) in [5, 5.41) is 0. The molecule has 0 atom stereocenters. The number of hydrogen-bond acceptors (Lipinski definition) is 3. The molecule has 0 spiro atoms. The summed E-state index contributed by atoms with van der Waals surface area (Å²) >= 11 is 0. The van der Waals surface area contributed by atoms with E-state index in [0.717, 1.165) is 6.29 Å². The van der Waals surface area contributed by atoms with Gasteiger partial charge in [0.15, 0.2) is 12.1 Å². The standard InChI is InChI=1S/C11H12O3/c1-3-14-11-6-9(8(2)13)4-5-10(11)7-12/h4-7H,3H2,1-2H3. The first-order valence-corrected chi connectivity index (χ1v) is 4.42. The summed E-state index contributed by atoms with van der Waals surface area (Å²) in [6.45, 7) is 3.78. The third kappa shape index (κ3) is 2.19. The van der Waals surface area contributed by atoms with Crippen LogP contribution < -0.4 is 4.74 Å². The second-order valence-electron chi connectivity index (χ2n) is 2.86. The van der Waals surface area contributed by atoms with Crippen LogP contribution in [0.1, 0.15) is 34.6 Å². The van der Waals surface area contributed by atoms with E-state index in [-0.39, 0.29) is 5.78 Å². The van der Waals surface area contributed by atoms with Gasteiger partial charge in [0.25, 0.3) is 0 Å². The van der Waals surface area contributed by atoms with Gasteiger partial charge in [-0.05, 0) is 26.0 Å². The second kappa shape index (κ2) is 4.56. The molecule has 0 saturated heterocycles. The van der Waals surface area contributed by atoms with Crippen LogP contribution in [0.2, 0.25) is 0 Å². The first kappa shape index (κ1) is 10.4. The molecule has 0 aliphatic heterocycles. The minimum absolute atomic E-state index is 0.0385. The van der Waals surface area contributed by atoms with Gasteiger partial charge in [-0.3, -0.25) is 9.59 Å². The molecule has 0 bridgehead atoms. The van der Waals surface area contributed by atoms with E-state index >= 15 is 0 Å². The summed E-state index contributed by atoms with van der Waals surface area (Å²) in [7, 11) is 0. The molecule has 0 unspecified atom stereocenters. The Morgan fingerprint density at radius 1 is 1.50 bits per heavy atom. The minimum atomic E-state index is -0.0385. The van der Waals surface area contributed by atoms with Crippen molar-refractivity contribution in [3.63, 3.8) is 0 Å². The molecule has 0 fully saturated rings. The quantitative estimate of drug-likeness (QED) is 0.542. The van der Waals surface area contributed by atoms with Crippen LogP contribution in [0.25, 0.3) is 0 Å². The molecule has 0 amide bonds. The molecule has 14 heavy (non-hydrogen) atoms. The topological polar surface area (TPSA) is 43.4 Å². The van der Waals surface area contributed by atoms with Crippen LogP contribution in [0, 0.1) is 0 Å². The van der Waals surface area contributed by atoms with Crippen molar-refractivity contribution in [1.29, 1.82) is 0 Å². The first-order valence-electron chi connectivity index (χ1n) is 4.42. The number of carbonyl (C=O) groups excluding carboxylic acids is 2. The van der Waals surface area contributed by atoms with Crippen molar-refractivity contribution in [2.75, 3.05) is 6.61 Å². The third-order valence-electron chi connectivity index (χ3n) is 1.85. The zero-order chi connectivity index (χ0) is 10.6. The van der Waals surface area contributed by atoms with Gasteiger partial charge in [0, 0.05) is 5.56 Å². The van der Waals surface area contributed by atoms with Crippen molar-refractivity contribution in [1.82, 2.24) is 0 Å². The number of aldehydes is 1. The number of benzene rings is 1. The maximum atomic E-state index is 11.1. The highest BCUT2D eigenvalue weighted by molar-refractivity contribution is 5.95. The molecule has 3 heteroatoms. The smallest absolute Gasteiger partial charge is 0.159 e. The highest BCUT2D eigenvalue weighted by atomic mass is 16.5. The molecule has 1 aromatic rings. The number of rotatable bonds is 4. The maximum Gasteiger partial charge on any atom is 0.159 e. The van der Waals surface area contributed by atoms with Gasteiger partial charge in [-0.25, -0.2) is 0 Å². The SMILES string of the molecule is CCOc1cc(C(C)=O)ccc1C=O. The van der Waals surface area contributed by atoms with Crippen LogP contribution in [0.15, 0.2) is 18.2 Å². The predicted octanol–water partition coefficient (Wildman–Crippen LogP) is 2.10. The Labute approximate surface area is 82.7 Å². The molecule has 0 aromatic heterocycles. The van der Waals surface area contributed by atoms with Gasteiger partial charge in [-0.2, -0.15) is 0 Å². The van der Waals surface area contributed by atoms with E-state index in [1.54, 1.807) is 18.2 Å². The normalized spacial score (nSPS) is 9.57. The number of ketones is 1. The summed E-state index contributed by atoms with van der Waals surface area (Å²) < 4.78 is 5.24. The van der Waals surface area contributed by atoms with Crippen LogP contribution in [0.5, 0.6) is 5.75 Å². The van der Waals surface area contributed by atoms with E-state index < -0.39 is 0 Å². The Balaban J connectivity index is 3.13. The van der Waals surface area contributed by atoms with Crippen LogP contribution in [0.3, 0.4) is 0 Å². The molecule has 0 N–H and O–H groups in total. The van der Waals surface area contributed by atoms with Gasteiger partial charge in [0.1, 0.15) is 5.75 Å². The van der Waals surface area contributed by atoms with E-state index in [1.807, 2.05) is 6.92 Å². The number of hydrogen-bond donors (Lipinski definition) is 0. The Morgan fingerprint density at radius 2 is 2.21 bits per heavy atom. The van der Waals surface area contributed by atoms with Gasteiger partial charge in [-0.15, -0.1) is 0 Å². The van der Waals surface area contributed by atoms with Gasteiger partial charge in [-0.1, -0.05) is 6.07 Å². The molecule has 0 saturated carbocycles. The summed E-state index contributed by atoms with van der Waals surface area (Å²) in [5.74, 6) is 0.429. The summed E-state index contributed by atoms with van der Waals surface area (Å²) in [5.41, 5.74) is 1.02. The van der Waals surface area contributed by atoms with Crippen molar-refractivity contribution < 1.29 is 14.3 Å². The number of Topliss-reactive ketones (excluding diaryl/α,β-unsaturated/α-hetero) is 1. The van der Waals surface area contributed by atoms with Gasteiger partial charge < -0.3 is 4.74 Å². The van der Waals surface area contributed by atoms with Crippen LogP contribution in [-0.2, 0) is 0 Å². The van der Waals surface area contributed by atoms with E-state index in [2.05, 4.69) is 0 Å². The summed E-state index contributed by atoms with van der Waals surface area (Å²) in [6, 6.07) is 4.80. The van der Waals surface area contributed by atoms with Crippen LogP contribution >= 0.6 is 0 Å². The third-order valence-corrected chi connectivity index (χ3v) is 1.85. The average molecular weight is 192 g/mol. The fourth-order valence-corrected chi connectivity index (χ4v) is 1.13. The van der Waals surface area contributed by atoms with Gasteiger partial charge in [0.05, 0.1) is 12.2 Å². The van der Waals surface area contributed by atoms with E-state index in [1.165, 1.54) is 6.92 Å². The largest absolute Gasteiger partial charge is 0.493 e. The molecule has 0 aliphatic carbocycles. The Bertz CT molecular complexity index is 356. The highest BCUT2D eigenvalue weighted by Crippen LogP contribution is 2.19. The Morgan fingerprint density at radius 3 is 2.71 bits per heavy atom. The van der Waals surface area contributed by atoms with Crippen molar-refractivity contribution in [2.24, 2.45) is 0 Å². The lowest BCUT2D eigenvalue weighted by Crippen LogP contribution is -1.99. The zero-order valence-electron chi connectivity index (χ0n) is 8.24. The Hall–Kier alpha value is -1.64. The zero-order valence-corrected chi connectivity index (χ0v) is 8.24. The van der Waals surface area contributed by atoms with E-state index in [4.69, 9.17) is 4.74 Å². The lowest BCUT2D eigenvalue weighted by Gasteiger charge is -2.06. The lowest BCUT2D eigenvalue weighted by atomic mass is 10.1. The fraction of sp³-hybridized carbons (Fsp3) is 0.273. The molecule has 3 nitrogen and oxygen atoms in total. The van der Waals surface area contributed by atoms with Crippen molar-refractivity contribution in [3.05, 3.63) is 29.3 Å². The molecule has 0 radical (unpaired) electrons. The summed E-state index contributed by atoms with van der Waals surface area (Å²) in [4.78, 5) is 21.7. The monoisotopic (exact) mass is 192 g/mol. The van der Waals surface area contributed by atoms with Gasteiger partial charge in [0.2, 0.25) is 0 Å². The lowest BCUT2D eigenvalue weighted by molar-refractivity contribution is 0.101. The molecule has 0 aliphatic rings. The Kier molecular flexibility index (Phi) is 3.40. The highest BCUT2D eigenvalue weighted by Gasteiger charge is 2.06. The molecule has 1 rings (SSSR count). The fourth-order valence-electron chi connectivity index (χ4n) is 1.13. The summed E-state index contributed by atoms with van der Waals surface area (Å²) in [6.07, 6.45) is 0.717. The minimum Gasteiger partial charge on any atom is -0.493 e. The molecular formula is C11H12O3. The molecular weight excluding hydrogens is 180 g/mol. The number of ether oxygens (including phenoxy) is 1. The molecule has 1 aromatic carbocycles. The van der Waals surface area contributed by atoms with Gasteiger partial charge >= 0.3 is 0 Å². The van der Waals surface area contributed by atoms with E-state index in [0.29, 0.717) is 23.5 Å². The van der Waals surface area contributed by atoms with E-state index in [9.17, 15) is 9.59 Å².